The Kier molecular flexibility index (Phi) is 4.11. The molecule has 2 N–H and O–H groups in total. The first-order chi connectivity index (χ1) is 9.15. The summed E-state index contributed by atoms with van der Waals surface area (Å²) < 4.78 is 11.8. The van der Waals surface area contributed by atoms with Gasteiger partial charge in [0.25, 0.3) is 5.91 Å². The van der Waals surface area contributed by atoms with Crippen LogP contribution in [-0.2, 0) is 4.79 Å². The molecule has 5 nitrogen and oxygen atoms in total. The summed E-state index contributed by atoms with van der Waals surface area (Å²) in [5.74, 6) is -1.85. The van der Waals surface area contributed by atoms with Gasteiger partial charge in [-0.2, -0.15) is 5.54 Å². The molecule has 1 aromatic carbocycles. The number of hydrogen-bond acceptors (Lipinski definition) is 3. The average molecular weight is 266 g/mol. The first-order valence-electron chi connectivity index (χ1n) is 6.09. The van der Waals surface area contributed by atoms with Gasteiger partial charge in [-0.1, -0.05) is 18.2 Å². The molecule has 1 aliphatic rings. The van der Waals surface area contributed by atoms with Crippen molar-refractivity contribution in [2.24, 2.45) is 0 Å². The van der Waals surface area contributed by atoms with Crippen LogP contribution in [0.1, 0.15) is 28.3 Å². The van der Waals surface area contributed by atoms with Gasteiger partial charge in [0.2, 0.25) is 0 Å². The number of aliphatic carboxylic acids is 1. The van der Waals surface area contributed by atoms with Crippen LogP contribution >= 0.6 is 0 Å². The van der Waals surface area contributed by atoms with Gasteiger partial charge in [-0.15, -0.1) is 4.48 Å². The Morgan fingerprint density at radius 3 is 2.89 bits per heavy atom. The van der Waals surface area contributed by atoms with E-state index in [0.29, 0.717) is 24.1 Å². The summed E-state index contributed by atoms with van der Waals surface area (Å²) in [7, 11) is 0. The summed E-state index contributed by atoms with van der Waals surface area (Å²) in [6, 6.07) is 6.74. The number of nitrogens with one attached hydrogen (secondary N) is 1. The van der Waals surface area contributed by atoms with Gasteiger partial charge in [0, 0.05) is 25.2 Å². The molecule has 0 aliphatic carbocycles. The van der Waals surface area contributed by atoms with Gasteiger partial charge in [0.1, 0.15) is 5.92 Å². The Hall–Kier alpha value is -1.95. The van der Waals surface area contributed by atoms with Gasteiger partial charge in [0.05, 0.1) is 0 Å². The number of carbonyl (C=O) groups excluding carboxylic acids is 1. The summed E-state index contributed by atoms with van der Waals surface area (Å²) in [6.45, 7) is 0.620. The molecule has 0 fully saturated rings. The summed E-state index contributed by atoms with van der Waals surface area (Å²) >= 11 is 0. The minimum Gasteiger partial charge on any atom is -0.481 e. The maximum Gasteiger partial charge on any atom is 0.312 e. The van der Waals surface area contributed by atoms with Crippen LogP contribution < -0.4 is 5.54 Å². The van der Waals surface area contributed by atoms with Crippen LogP contribution in [0.4, 0.5) is 4.48 Å². The zero-order valence-electron chi connectivity index (χ0n) is 10.3. The molecular weight excluding hydrogens is 251 g/mol. The van der Waals surface area contributed by atoms with Crippen molar-refractivity contribution in [1.82, 2.24) is 10.4 Å². The molecule has 0 radical (unpaired) electrons. The number of fused-ring (bicyclic) bond motifs is 1. The largest absolute Gasteiger partial charge is 0.481 e. The number of rotatable bonds is 5. The zero-order valence-corrected chi connectivity index (χ0v) is 10.3. The molecule has 1 amide bonds. The van der Waals surface area contributed by atoms with E-state index < -0.39 is 11.9 Å². The second kappa shape index (κ2) is 5.79. The van der Waals surface area contributed by atoms with E-state index in [2.05, 4.69) is 0 Å². The van der Waals surface area contributed by atoms with E-state index >= 15 is 0 Å². The fraction of sp³-hybridized carbons (Fsp3) is 0.385. The van der Waals surface area contributed by atoms with Crippen LogP contribution in [0.3, 0.4) is 0 Å². The number of hydrogen-bond donors (Lipinski definition) is 2. The third kappa shape index (κ3) is 2.73. The first-order valence-corrected chi connectivity index (χ1v) is 6.09. The van der Waals surface area contributed by atoms with Crippen LogP contribution in [0.5, 0.6) is 0 Å². The average Bonchev–Trinajstić information content (AvgIpc) is 2.41. The number of benzene rings is 1. The van der Waals surface area contributed by atoms with Crippen molar-refractivity contribution in [2.75, 3.05) is 19.6 Å². The molecule has 0 aromatic heterocycles. The third-order valence-corrected chi connectivity index (χ3v) is 3.25. The minimum absolute atomic E-state index is 0.136. The van der Waals surface area contributed by atoms with E-state index in [4.69, 9.17) is 0 Å². The standard InChI is InChI=1S/C13H15FN2O3/c14-15-6-3-7-16-8-11(13(18)19)9-4-1-2-5-10(9)12(16)17/h1-2,4-5,11,15H,3,6-8H2,(H,18,19)/t11-/m1/s1. The lowest BCUT2D eigenvalue weighted by molar-refractivity contribution is -0.139. The molecule has 6 heteroatoms. The van der Waals surface area contributed by atoms with Crippen LogP contribution in [-0.4, -0.2) is 41.5 Å². The Morgan fingerprint density at radius 1 is 1.47 bits per heavy atom. The van der Waals surface area contributed by atoms with E-state index in [1.807, 2.05) is 0 Å². The predicted octanol–water partition coefficient (Wildman–Crippen LogP) is 1.17. The van der Waals surface area contributed by atoms with Crippen molar-refractivity contribution in [3.63, 3.8) is 0 Å². The van der Waals surface area contributed by atoms with Gasteiger partial charge in [0.15, 0.2) is 0 Å². The molecule has 0 unspecified atom stereocenters. The Morgan fingerprint density at radius 2 is 2.21 bits per heavy atom. The maximum absolute atomic E-state index is 12.2. The molecular formula is C13H15FN2O3. The lowest BCUT2D eigenvalue weighted by Crippen LogP contribution is -2.43. The van der Waals surface area contributed by atoms with Gasteiger partial charge in [-0.25, -0.2) is 0 Å². The molecule has 2 rings (SSSR count). The summed E-state index contributed by atoms with van der Waals surface area (Å²) in [6.07, 6.45) is 0.441. The number of carboxylic acids is 1. The number of halogens is 1. The van der Waals surface area contributed by atoms with Crippen LogP contribution in [0.15, 0.2) is 24.3 Å². The van der Waals surface area contributed by atoms with Crippen molar-refractivity contribution >= 4 is 11.9 Å². The van der Waals surface area contributed by atoms with Crippen LogP contribution in [0, 0.1) is 0 Å². The summed E-state index contributed by atoms with van der Waals surface area (Å²) in [5.41, 5.74) is 2.50. The molecule has 1 atom stereocenters. The molecule has 0 saturated heterocycles. The highest BCUT2D eigenvalue weighted by molar-refractivity contribution is 5.99. The summed E-state index contributed by atoms with van der Waals surface area (Å²) in [4.78, 5) is 25.0. The van der Waals surface area contributed by atoms with E-state index in [-0.39, 0.29) is 19.0 Å². The van der Waals surface area contributed by atoms with E-state index in [1.165, 1.54) is 10.4 Å². The van der Waals surface area contributed by atoms with Gasteiger partial charge in [-0.05, 0) is 18.1 Å². The maximum atomic E-state index is 12.2. The molecule has 19 heavy (non-hydrogen) atoms. The van der Waals surface area contributed by atoms with Crippen molar-refractivity contribution in [2.45, 2.75) is 12.3 Å². The van der Waals surface area contributed by atoms with Crippen LogP contribution in [0.25, 0.3) is 0 Å². The van der Waals surface area contributed by atoms with Crippen molar-refractivity contribution < 1.29 is 19.2 Å². The van der Waals surface area contributed by atoms with E-state index in [0.717, 1.165) is 0 Å². The quantitative estimate of drug-likeness (QED) is 0.620. The number of carboxylic acid groups (broad SMARTS) is 1. The Bertz CT molecular complexity index is 493. The van der Waals surface area contributed by atoms with Gasteiger partial charge < -0.3 is 10.0 Å². The molecule has 0 spiro atoms. The first kappa shape index (κ1) is 13.5. The van der Waals surface area contributed by atoms with Gasteiger partial charge >= 0.3 is 5.97 Å². The highest BCUT2D eigenvalue weighted by atomic mass is 19.2. The second-order valence-corrected chi connectivity index (χ2v) is 4.47. The fourth-order valence-corrected chi connectivity index (χ4v) is 2.31. The molecule has 0 bridgehead atoms. The smallest absolute Gasteiger partial charge is 0.312 e. The van der Waals surface area contributed by atoms with Crippen molar-refractivity contribution in [1.29, 1.82) is 0 Å². The molecule has 1 heterocycles. The van der Waals surface area contributed by atoms with Crippen molar-refractivity contribution in [3.8, 4) is 0 Å². The number of amides is 1. The number of carbonyl (C=O) groups is 2. The monoisotopic (exact) mass is 266 g/mol. The molecule has 0 saturated carbocycles. The lowest BCUT2D eigenvalue weighted by Gasteiger charge is -2.32. The Labute approximate surface area is 110 Å². The van der Waals surface area contributed by atoms with Gasteiger partial charge in [-0.3, -0.25) is 9.59 Å². The number of nitrogens with zero attached hydrogens (tertiary/aromatic N) is 1. The molecule has 1 aliphatic heterocycles. The van der Waals surface area contributed by atoms with E-state index in [9.17, 15) is 19.2 Å². The fourth-order valence-electron chi connectivity index (χ4n) is 2.31. The summed E-state index contributed by atoms with van der Waals surface area (Å²) in [5, 5.41) is 9.25. The molecule has 102 valence electrons. The van der Waals surface area contributed by atoms with Crippen LogP contribution in [0.2, 0.25) is 0 Å². The lowest BCUT2D eigenvalue weighted by atomic mass is 9.89. The molecule has 1 aromatic rings. The van der Waals surface area contributed by atoms with Crippen molar-refractivity contribution in [3.05, 3.63) is 35.4 Å². The second-order valence-electron chi connectivity index (χ2n) is 4.47. The highest BCUT2D eigenvalue weighted by Gasteiger charge is 2.34. The SMILES string of the molecule is O=C(O)[C@@H]1CN(CCCNF)C(=O)c2ccccc21. The highest BCUT2D eigenvalue weighted by Crippen LogP contribution is 2.28. The predicted molar refractivity (Wildman–Crippen MR) is 66.5 cm³/mol. The Balaban J connectivity index is 2.24. The minimum atomic E-state index is -0.950. The zero-order chi connectivity index (χ0) is 13.8. The third-order valence-electron chi connectivity index (χ3n) is 3.25. The van der Waals surface area contributed by atoms with E-state index in [1.54, 1.807) is 24.3 Å². The topological polar surface area (TPSA) is 69.6 Å². The normalized spacial score (nSPS) is 18.3.